The molecule has 0 aromatic heterocycles. The number of hydrogen-bond acceptors (Lipinski definition) is 4. The highest BCUT2D eigenvalue weighted by Crippen LogP contribution is 1.24. The molecule has 0 spiro atoms. The second kappa shape index (κ2) is 64.6. The SMILES string of the molecule is NCCN.O=[SiH2].O=[SiH2]. The van der Waals surface area contributed by atoms with Gasteiger partial charge in [-0.2, -0.15) is 0 Å². The van der Waals surface area contributed by atoms with Gasteiger partial charge in [-0.25, -0.2) is 0 Å². The van der Waals surface area contributed by atoms with Gasteiger partial charge < -0.3 is 20.4 Å². The minimum atomic E-state index is 0.597. The summed E-state index contributed by atoms with van der Waals surface area (Å²) in [7, 11) is 1.22. The van der Waals surface area contributed by atoms with Crippen molar-refractivity contribution in [3.63, 3.8) is 0 Å². The maximum absolute atomic E-state index is 8.28. The fourth-order valence-corrected chi connectivity index (χ4v) is 0. The molecule has 50 valence electrons. The minimum absolute atomic E-state index is 0.597. The average Bonchev–Trinajstić information content (AvgIpc) is 1.96. The first-order valence-electron chi connectivity index (χ1n) is 1.89. The van der Waals surface area contributed by atoms with E-state index in [1.54, 1.807) is 0 Å². The molecular formula is C2H12N2O2Si2. The molecule has 6 heteroatoms. The van der Waals surface area contributed by atoms with Crippen molar-refractivity contribution in [2.24, 2.45) is 11.5 Å². The highest BCUT2D eigenvalue weighted by atomic mass is 28.1. The van der Waals surface area contributed by atoms with E-state index >= 15 is 0 Å². The molecule has 0 heterocycles. The minimum Gasteiger partial charge on any atom is -0.396 e. The number of rotatable bonds is 1. The summed E-state index contributed by atoms with van der Waals surface area (Å²) in [5, 5.41) is 0. The Morgan fingerprint density at radius 3 is 1.00 bits per heavy atom. The second-order valence-corrected chi connectivity index (χ2v) is 0.577. The first-order valence-corrected chi connectivity index (χ1v) is 3.05. The van der Waals surface area contributed by atoms with E-state index in [2.05, 4.69) is 0 Å². The lowest BCUT2D eigenvalue weighted by Gasteiger charge is -1.72. The summed E-state index contributed by atoms with van der Waals surface area (Å²) in [5.41, 5.74) is 9.81. The molecule has 0 aliphatic carbocycles. The van der Waals surface area contributed by atoms with E-state index in [1.165, 1.54) is 0 Å². The summed E-state index contributed by atoms with van der Waals surface area (Å²) in [6.45, 7) is 1.19. The molecule has 0 aromatic carbocycles. The highest BCUT2D eigenvalue weighted by Gasteiger charge is 1.54. The Bertz CT molecular complexity index is 28.0. The summed E-state index contributed by atoms with van der Waals surface area (Å²) in [4.78, 5) is 0. The maximum Gasteiger partial charge on any atom is 0.245 e. The monoisotopic (exact) mass is 152 g/mol. The zero-order chi connectivity index (χ0) is 7.41. The lowest BCUT2D eigenvalue weighted by molar-refractivity contribution is 0.589. The Balaban J connectivity index is -0.0000000542. The van der Waals surface area contributed by atoms with E-state index in [1.807, 2.05) is 0 Å². The fraction of sp³-hybridized carbons (Fsp3) is 1.00. The fourth-order valence-electron chi connectivity index (χ4n) is 0. The first-order chi connectivity index (χ1) is 3.91. The quantitative estimate of drug-likeness (QED) is 0.388. The van der Waals surface area contributed by atoms with Gasteiger partial charge in [-0.15, -0.1) is 0 Å². The molecule has 4 N–H and O–H groups in total. The van der Waals surface area contributed by atoms with Crippen LogP contribution in [0.1, 0.15) is 0 Å². The molecule has 4 nitrogen and oxygen atoms in total. The van der Waals surface area contributed by atoms with Gasteiger partial charge in [-0.3, -0.25) is 0 Å². The van der Waals surface area contributed by atoms with Crippen LogP contribution in [-0.2, 0) is 8.92 Å². The Kier molecular flexibility index (Phi) is 127. The molecule has 8 heavy (non-hydrogen) atoms. The van der Waals surface area contributed by atoms with E-state index in [-0.39, 0.29) is 0 Å². The van der Waals surface area contributed by atoms with Gasteiger partial charge in [0.05, 0.1) is 0 Å². The van der Waals surface area contributed by atoms with Gasteiger partial charge in [-0.05, 0) is 0 Å². The molecule has 0 atom stereocenters. The van der Waals surface area contributed by atoms with Crippen molar-refractivity contribution in [3.8, 4) is 0 Å². The predicted molar refractivity (Wildman–Crippen MR) is 36.6 cm³/mol. The molecular weight excluding hydrogens is 140 g/mol. The normalized spacial score (nSPS) is 4.75. The maximum atomic E-state index is 8.28. The number of hydrogen-bond donors (Lipinski definition) is 2. The molecule has 0 saturated heterocycles. The molecule has 0 rings (SSSR count). The van der Waals surface area contributed by atoms with Crippen molar-refractivity contribution in [2.75, 3.05) is 13.1 Å². The van der Waals surface area contributed by atoms with Crippen LogP contribution in [-0.4, -0.2) is 33.3 Å². The smallest absolute Gasteiger partial charge is 0.245 e. The molecule has 0 unspecified atom stereocenters. The summed E-state index contributed by atoms with van der Waals surface area (Å²) in [6.07, 6.45) is 0. The molecule has 0 aliphatic rings. The van der Waals surface area contributed by atoms with Gasteiger partial charge in [0.15, 0.2) is 0 Å². The third-order valence-electron chi connectivity index (χ3n) is 0.167. The van der Waals surface area contributed by atoms with Crippen LogP contribution in [0.4, 0.5) is 0 Å². The molecule has 0 radical (unpaired) electrons. The van der Waals surface area contributed by atoms with Crippen LogP contribution in [0.25, 0.3) is 0 Å². The predicted octanol–water partition coefficient (Wildman–Crippen LogP) is -3.17. The Morgan fingerprint density at radius 1 is 0.875 bits per heavy atom. The van der Waals surface area contributed by atoms with Crippen molar-refractivity contribution < 1.29 is 8.92 Å². The van der Waals surface area contributed by atoms with Crippen LogP contribution >= 0.6 is 0 Å². The van der Waals surface area contributed by atoms with E-state index in [4.69, 9.17) is 20.4 Å². The molecule has 0 aliphatic heterocycles. The Labute approximate surface area is 54.6 Å². The van der Waals surface area contributed by atoms with E-state index in [9.17, 15) is 0 Å². The lowest BCUT2D eigenvalue weighted by Crippen LogP contribution is -2.11. The first kappa shape index (κ1) is 15.7. The third-order valence-corrected chi connectivity index (χ3v) is 0.167. The number of nitrogens with two attached hydrogens (primary N) is 2. The molecule has 0 bridgehead atoms. The van der Waals surface area contributed by atoms with Gasteiger partial charge in [0, 0.05) is 13.1 Å². The topological polar surface area (TPSA) is 86.2 Å². The van der Waals surface area contributed by atoms with Crippen molar-refractivity contribution in [1.82, 2.24) is 0 Å². The van der Waals surface area contributed by atoms with Crippen LogP contribution in [0.5, 0.6) is 0 Å². The molecule has 0 amide bonds. The van der Waals surface area contributed by atoms with Crippen LogP contribution in [0.3, 0.4) is 0 Å². The van der Waals surface area contributed by atoms with Crippen LogP contribution in [0, 0.1) is 0 Å². The van der Waals surface area contributed by atoms with E-state index in [0.717, 1.165) is 0 Å². The molecule has 0 fully saturated rings. The summed E-state index contributed by atoms with van der Waals surface area (Å²) in [6, 6.07) is 0. The van der Waals surface area contributed by atoms with Gasteiger partial charge in [0.1, 0.15) is 0 Å². The van der Waals surface area contributed by atoms with Crippen molar-refractivity contribution in [3.05, 3.63) is 0 Å². The van der Waals surface area contributed by atoms with Crippen molar-refractivity contribution >= 4 is 20.3 Å². The largest absolute Gasteiger partial charge is 0.396 e. The van der Waals surface area contributed by atoms with Crippen LogP contribution in [0.15, 0.2) is 0 Å². The lowest BCUT2D eigenvalue weighted by atomic mass is 10.7. The molecule has 0 aromatic rings. The molecule has 0 saturated carbocycles. The Hall–Kier alpha value is -0.0462. The zero-order valence-electron chi connectivity index (χ0n) is 4.80. The summed E-state index contributed by atoms with van der Waals surface area (Å²) in [5.74, 6) is 0. The third kappa shape index (κ3) is 161. The highest BCUT2D eigenvalue weighted by molar-refractivity contribution is 5.85. The second-order valence-electron chi connectivity index (χ2n) is 0.577. The van der Waals surface area contributed by atoms with Gasteiger partial charge in [0.25, 0.3) is 0 Å². The van der Waals surface area contributed by atoms with Gasteiger partial charge in [-0.1, -0.05) is 0 Å². The van der Waals surface area contributed by atoms with Crippen LogP contribution < -0.4 is 11.5 Å². The zero-order valence-corrected chi connectivity index (χ0v) is 7.63. The van der Waals surface area contributed by atoms with Crippen molar-refractivity contribution in [2.45, 2.75) is 0 Å². The Morgan fingerprint density at radius 2 is 1.00 bits per heavy atom. The van der Waals surface area contributed by atoms with Gasteiger partial charge >= 0.3 is 0 Å². The summed E-state index contributed by atoms with van der Waals surface area (Å²) >= 11 is 0. The van der Waals surface area contributed by atoms with E-state index < -0.39 is 0 Å². The average molecular weight is 152 g/mol. The van der Waals surface area contributed by atoms with Crippen LogP contribution in [0.2, 0.25) is 0 Å². The standard InChI is InChI=1S/C2H8N2.2H2OSi/c3-1-2-4;2*1-2/h1-4H2;2*2H2. The summed E-state index contributed by atoms with van der Waals surface area (Å²) < 4.78 is 16.6. The van der Waals surface area contributed by atoms with Crippen molar-refractivity contribution in [1.29, 1.82) is 0 Å². The van der Waals surface area contributed by atoms with E-state index in [0.29, 0.717) is 33.3 Å². The van der Waals surface area contributed by atoms with Gasteiger partial charge in [0.2, 0.25) is 20.3 Å².